The molecule has 0 saturated carbocycles. The lowest BCUT2D eigenvalue weighted by Gasteiger charge is -2.11. The molecular weight excluding hydrogens is 294 g/mol. The Bertz CT molecular complexity index is 747. The second-order valence-corrected chi connectivity index (χ2v) is 6.16. The molecule has 2 heterocycles. The van der Waals surface area contributed by atoms with Gasteiger partial charge in [-0.2, -0.15) is 0 Å². The number of benzene rings is 1. The first kappa shape index (κ1) is 14.6. The van der Waals surface area contributed by atoms with E-state index in [1.54, 1.807) is 24.2 Å². The number of hydrogen-bond acceptors (Lipinski definition) is 6. The van der Waals surface area contributed by atoms with Gasteiger partial charge < -0.3 is 11.1 Å². The fourth-order valence-electron chi connectivity index (χ4n) is 2.22. The van der Waals surface area contributed by atoms with Crippen molar-refractivity contribution >= 4 is 28.4 Å². The van der Waals surface area contributed by atoms with E-state index in [9.17, 15) is 0 Å². The van der Waals surface area contributed by atoms with Crippen LogP contribution < -0.4 is 11.1 Å². The Morgan fingerprint density at radius 2 is 1.95 bits per heavy atom. The van der Waals surface area contributed by atoms with Crippen molar-refractivity contribution in [1.82, 2.24) is 9.97 Å². The first-order chi connectivity index (χ1) is 10.6. The minimum Gasteiger partial charge on any atom is -0.400 e. The summed E-state index contributed by atoms with van der Waals surface area (Å²) in [5.41, 5.74) is 10.7. The van der Waals surface area contributed by atoms with Gasteiger partial charge in [-0.25, -0.2) is 15.0 Å². The molecule has 1 aromatic carbocycles. The predicted octanol–water partition coefficient (Wildman–Crippen LogP) is 3.13. The number of hydrogen-bond donors (Lipinski definition) is 2. The van der Waals surface area contributed by atoms with Gasteiger partial charge in [0.2, 0.25) is 5.95 Å². The molecular formula is C16H17N5S. The standard InChI is InChI=1S/C16H17N5S/c1-10-5-11(2)7-13(6-10)20-16-18-4-3-14(21-16)15-19-8-12(17)9-22-15/h3-8H,9,17H2,1-2H3,(H,18,20,21). The molecule has 1 aliphatic heterocycles. The summed E-state index contributed by atoms with van der Waals surface area (Å²) in [5, 5.41) is 4.11. The van der Waals surface area contributed by atoms with E-state index >= 15 is 0 Å². The van der Waals surface area contributed by atoms with Crippen molar-refractivity contribution in [3.63, 3.8) is 0 Å². The van der Waals surface area contributed by atoms with Gasteiger partial charge in [-0.15, -0.1) is 0 Å². The number of nitrogens with zero attached hydrogens (tertiary/aromatic N) is 3. The largest absolute Gasteiger partial charge is 0.400 e. The van der Waals surface area contributed by atoms with Crippen LogP contribution in [0.3, 0.4) is 0 Å². The van der Waals surface area contributed by atoms with E-state index in [1.807, 2.05) is 6.07 Å². The Labute approximate surface area is 133 Å². The normalized spacial score (nSPS) is 14.3. The van der Waals surface area contributed by atoms with Gasteiger partial charge in [0.05, 0.1) is 0 Å². The Morgan fingerprint density at radius 3 is 2.64 bits per heavy atom. The maximum atomic E-state index is 5.72. The molecule has 0 bridgehead atoms. The molecule has 0 radical (unpaired) electrons. The second kappa shape index (κ2) is 6.19. The zero-order valence-corrected chi connectivity index (χ0v) is 13.3. The molecule has 0 aliphatic carbocycles. The molecule has 1 aromatic heterocycles. The van der Waals surface area contributed by atoms with Gasteiger partial charge in [-0.05, 0) is 43.2 Å². The number of anilines is 2. The van der Waals surface area contributed by atoms with Crippen LogP contribution in [-0.4, -0.2) is 20.8 Å². The van der Waals surface area contributed by atoms with Crippen LogP contribution >= 0.6 is 11.8 Å². The Morgan fingerprint density at radius 1 is 1.18 bits per heavy atom. The van der Waals surface area contributed by atoms with Crippen LogP contribution in [0.15, 0.2) is 47.4 Å². The Kier molecular flexibility index (Phi) is 4.11. The van der Waals surface area contributed by atoms with E-state index in [-0.39, 0.29) is 0 Å². The van der Waals surface area contributed by atoms with Gasteiger partial charge in [0.1, 0.15) is 10.7 Å². The summed E-state index contributed by atoms with van der Waals surface area (Å²) in [7, 11) is 0. The van der Waals surface area contributed by atoms with Crippen LogP contribution in [0.25, 0.3) is 0 Å². The number of aliphatic imine (C=N–C) groups is 1. The summed E-state index contributed by atoms with van der Waals surface area (Å²) in [6.07, 6.45) is 3.42. The SMILES string of the molecule is Cc1cc(C)cc(Nc2nccc(C3=NC=C(N)CS3)n2)c1. The predicted molar refractivity (Wildman–Crippen MR) is 92.5 cm³/mol. The Hall–Kier alpha value is -2.34. The third-order valence-corrected chi connectivity index (χ3v) is 4.14. The fraction of sp³-hybridized carbons (Fsp3) is 0.188. The van der Waals surface area contributed by atoms with Crippen LogP contribution in [0.4, 0.5) is 11.6 Å². The molecule has 5 nitrogen and oxygen atoms in total. The minimum absolute atomic E-state index is 0.563. The van der Waals surface area contributed by atoms with Crippen LogP contribution in [-0.2, 0) is 0 Å². The molecule has 0 spiro atoms. The monoisotopic (exact) mass is 311 g/mol. The van der Waals surface area contributed by atoms with E-state index in [0.29, 0.717) is 5.95 Å². The molecule has 0 unspecified atom stereocenters. The maximum absolute atomic E-state index is 5.72. The van der Waals surface area contributed by atoms with Crippen LogP contribution in [0, 0.1) is 13.8 Å². The van der Waals surface area contributed by atoms with Gasteiger partial charge in [0.25, 0.3) is 0 Å². The molecule has 0 atom stereocenters. The van der Waals surface area contributed by atoms with Crippen molar-refractivity contribution in [3.8, 4) is 0 Å². The molecule has 112 valence electrons. The smallest absolute Gasteiger partial charge is 0.227 e. The zero-order chi connectivity index (χ0) is 15.5. The topological polar surface area (TPSA) is 76.2 Å². The summed E-state index contributed by atoms with van der Waals surface area (Å²) in [4.78, 5) is 13.1. The highest BCUT2D eigenvalue weighted by atomic mass is 32.2. The highest BCUT2D eigenvalue weighted by molar-refractivity contribution is 8.14. The van der Waals surface area contributed by atoms with Crippen LogP contribution in [0.5, 0.6) is 0 Å². The van der Waals surface area contributed by atoms with E-state index in [1.165, 1.54) is 11.1 Å². The van der Waals surface area contributed by atoms with Crippen molar-refractivity contribution in [1.29, 1.82) is 0 Å². The lowest BCUT2D eigenvalue weighted by atomic mass is 10.1. The number of aryl methyl sites for hydroxylation is 2. The highest BCUT2D eigenvalue weighted by Crippen LogP contribution is 2.21. The molecule has 3 rings (SSSR count). The van der Waals surface area contributed by atoms with Gasteiger partial charge in [-0.3, -0.25) is 0 Å². The van der Waals surface area contributed by atoms with Crippen molar-refractivity contribution in [2.24, 2.45) is 10.7 Å². The summed E-state index contributed by atoms with van der Waals surface area (Å²) < 4.78 is 0. The zero-order valence-electron chi connectivity index (χ0n) is 12.5. The molecule has 6 heteroatoms. The summed E-state index contributed by atoms with van der Waals surface area (Å²) in [5.74, 6) is 1.30. The van der Waals surface area contributed by atoms with Crippen molar-refractivity contribution in [3.05, 3.63) is 59.2 Å². The number of rotatable bonds is 3. The second-order valence-electron chi connectivity index (χ2n) is 5.19. The number of nitrogens with two attached hydrogens (primary N) is 1. The lowest BCUT2D eigenvalue weighted by Crippen LogP contribution is -2.10. The third kappa shape index (κ3) is 3.46. The molecule has 0 amide bonds. The van der Waals surface area contributed by atoms with E-state index in [0.717, 1.165) is 27.9 Å². The number of aromatic nitrogens is 2. The Balaban J connectivity index is 1.85. The minimum atomic E-state index is 0.563. The van der Waals surface area contributed by atoms with Gasteiger partial charge >= 0.3 is 0 Å². The first-order valence-corrected chi connectivity index (χ1v) is 7.92. The summed E-state index contributed by atoms with van der Waals surface area (Å²) in [6.45, 7) is 4.14. The average Bonchev–Trinajstić information content (AvgIpc) is 2.47. The van der Waals surface area contributed by atoms with E-state index in [2.05, 4.69) is 52.3 Å². The maximum Gasteiger partial charge on any atom is 0.227 e. The van der Waals surface area contributed by atoms with Crippen molar-refractivity contribution < 1.29 is 0 Å². The quantitative estimate of drug-likeness (QED) is 0.910. The third-order valence-electron chi connectivity index (χ3n) is 3.08. The fourth-order valence-corrected chi connectivity index (χ4v) is 2.99. The van der Waals surface area contributed by atoms with Gasteiger partial charge in [0, 0.05) is 29.5 Å². The summed E-state index contributed by atoms with van der Waals surface area (Å²) in [6, 6.07) is 8.12. The lowest BCUT2D eigenvalue weighted by molar-refractivity contribution is 1.15. The van der Waals surface area contributed by atoms with Crippen molar-refractivity contribution in [2.75, 3.05) is 11.1 Å². The van der Waals surface area contributed by atoms with Crippen molar-refractivity contribution in [2.45, 2.75) is 13.8 Å². The molecule has 0 saturated heterocycles. The average molecular weight is 311 g/mol. The van der Waals surface area contributed by atoms with Crippen LogP contribution in [0.1, 0.15) is 16.8 Å². The number of thioether (sulfide) groups is 1. The molecule has 3 N–H and O–H groups in total. The number of nitrogens with one attached hydrogen (secondary N) is 1. The van der Waals surface area contributed by atoms with Crippen LogP contribution in [0.2, 0.25) is 0 Å². The van der Waals surface area contributed by atoms with Gasteiger partial charge in [0.15, 0.2) is 0 Å². The molecule has 1 aliphatic rings. The highest BCUT2D eigenvalue weighted by Gasteiger charge is 2.11. The van der Waals surface area contributed by atoms with Gasteiger partial charge in [-0.1, -0.05) is 17.8 Å². The van der Waals surface area contributed by atoms with E-state index < -0.39 is 0 Å². The molecule has 0 fully saturated rings. The molecule has 2 aromatic rings. The first-order valence-electron chi connectivity index (χ1n) is 6.94. The molecule has 22 heavy (non-hydrogen) atoms. The summed E-state index contributed by atoms with van der Waals surface area (Å²) >= 11 is 1.58. The van der Waals surface area contributed by atoms with E-state index in [4.69, 9.17) is 5.73 Å².